The van der Waals surface area contributed by atoms with E-state index in [1.165, 1.54) is 56.9 Å². The van der Waals surface area contributed by atoms with Gasteiger partial charge < -0.3 is 4.98 Å². The van der Waals surface area contributed by atoms with Crippen LogP contribution in [-0.2, 0) is 6.42 Å². The van der Waals surface area contributed by atoms with Gasteiger partial charge in [-0.05, 0) is 24.5 Å². The molecule has 0 aliphatic rings. The molecule has 0 fully saturated rings. The highest BCUT2D eigenvalue weighted by Gasteiger charge is 1.93. The van der Waals surface area contributed by atoms with Crippen molar-refractivity contribution in [3.8, 4) is 0 Å². The van der Waals surface area contributed by atoms with Crippen LogP contribution in [0.4, 0.5) is 0 Å². The smallest absolute Gasteiger partial charge is 0.00373 e. The zero-order valence-corrected chi connectivity index (χ0v) is 9.39. The van der Waals surface area contributed by atoms with Crippen molar-refractivity contribution in [3.05, 3.63) is 24.0 Å². The molecule has 1 aromatic heterocycles. The first-order valence-electron chi connectivity index (χ1n) is 6.05. The third-order valence-corrected chi connectivity index (χ3v) is 2.73. The topological polar surface area (TPSA) is 15.8 Å². The lowest BCUT2D eigenvalue weighted by molar-refractivity contribution is 0.589. The Morgan fingerprint density at radius 1 is 1.00 bits per heavy atom. The van der Waals surface area contributed by atoms with E-state index >= 15 is 0 Å². The minimum absolute atomic E-state index is 1.25. The molecular formula is C13H23N. The predicted octanol–water partition coefficient (Wildman–Crippen LogP) is 4.31. The first-order chi connectivity index (χ1) is 6.93. The Bertz CT molecular complexity index is 201. The lowest BCUT2D eigenvalue weighted by Gasteiger charge is -1.99. The molecule has 0 aromatic carbocycles. The van der Waals surface area contributed by atoms with E-state index in [1.54, 1.807) is 0 Å². The second-order valence-corrected chi connectivity index (χ2v) is 4.09. The second-order valence-electron chi connectivity index (χ2n) is 4.09. The van der Waals surface area contributed by atoms with Crippen molar-refractivity contribution < 1.29 is 0 Å². The van der Waals surface area contributed by atoms with E-state index in [4.69, 9.17) is 0 Å². The van der Waals surface area contributed by atoms with Crippen molar-refractivity contribution in [1.82, 2.24) is 4.98 Å². The fourth-order valence-corrected chi connectivity index (χ4v) is 1.80. The van der Waals surface area contributed by atoms with Crippen LogP contribution < -0.4 is 0 Å². The highest BCUT2D eigenvalue weighted by atomic mass is 14.6. The third kappa shape index (κ3) is 5.11. The summed E-state index contributed by atoms with van der Waals surface area (Å²) in [5.41, 5.74) is 1.46. The lowest BCUT2D eigenvalue weighted by atomic mass is 10.1. The summed E-state index contributed by atoms with van der Waals surface area (Å²) in [5, 5.41) is 0. The largest absolute Gasteiger partial charge is 0.367 e. The Hall–Kier alpha value is -0.720. The molecule has 0 bridgehead atoms. The van der Waals surface area contributed by atoms with Gasteiger partial charge >= 0.3 is 0 Å². The number of aryl methyl sites for hydroxylation is 1. The van der Waals surface area contributed by atoms with Gasteiger partial charge in [0.05, 0.1) is 0 Å². The lowest BCUT2D eigenvalue weighted by Crippen LogP contribution is -1.83. The summed E-state index contributed by atoms with van der Waals surface area (Å²) in [6.07, 6.45) is 15.2. The number of aromatic nitrogens is 1. The van der Waals surface area contributed by atoms with Crippen molar-refractivity contribution in [2.45, 2.75) is 58.3 Å². The van der Waals surface area contributed by atoms with E-state index in [2.05, 4.69) is 24.2 Å². The van der Waals surface area contributed by atoms with Crippen LogP contribution in [0.3, 0.4) is 0 Å². The number of nitrogens with one attached hydrogen (secondary N) is 1. The van der Waals surface area contributed by atoms with Crippen molar-refractivity contribution in [2.24, 2.45) is 0 Å². The van der Waals surface area contributed by atoms with Gasteiger partial charge in [0.25, 0.3) is 0 Å². The van der Waals surface area contributed by atoms with Crippen LogP contribution in [0, 0.1) is 0 Å². The Labute approximate surface area is 87.9 Å². The summed E-state index contributed by atoms with van der Waals surface area (Å²) < 4.78 is 0. The molecule has 0 amide bonds. The fourth-order valence-electron chi connectivity index (χ4n) is 1.80. The summed E-state index contributed by atoms with van der Waals surface area (Å²) in [5.74, 6) is 0. The van der Waals surface area contributed by atoms with E-state index in [0.717, 1.165) is 0 Å². The van der Waals surface area contributed by atoms with Gasteiger partial charge in [-0.25, -0.2) is 0 Å². The molecule has 0 spiro atoms. The van der Waals surface area contributed by atoms with Gasteiger partial charge in [0.1, 0.15) is 0 Å². The van der Waals surface area contributed by atoms with E-state index in [-0.39, 0.29) is 0 Å². The number of hydrogen-bond acceptors (Lipinski definition) is 0. The molecule has 1 nitrogen and oxygen atoms in total. The average Bonchev–Trinajstić information content (AvgIpc) is 2.69. The Morgan fingerprint density at radius 2 is 1.71 bits per heavy atom. The van der Waals surface area contributed by atoms with Crippen LogP contribution in [0.1, 0.15) is 57.4 Å². The van der Waals surface area contributed by atoms with Crippen LogP contribution in [0.2, 0.25) is 0 Å². The predicted molar refractivity (Wildman–Crippen MR) is 62.5 cm³/mol. The first-order valence-corrected chi connectivity index (χ1v) is 6.05. The molecule has 0 aliphatic heterocycles. The fraction of sp³-hybridized carbons (Fsp3) is 0.692. The minimum Gasteiger partial charge on any atom is -0.367 e. The number of hydrogen-bond donors (Lipinski definition) is 1. The van der Waals surface area contributed by atoms with Gasteiger partial charge in [-0.2, -0.15) is 0 Å². The maximum atomic E-state index is 3.10. The Kier molecular flexibility index (Phi) is 6.21. The van der Waals surface area contributed by atoms with Crippen molar-refractivity contribution in [1.29, 1.82) is 0 Å². The zero-order valence-electron chi connectivity index (χ0n) is 9.39. The number of H-pyrrole nitrogens is 1. The standard InChI is InChI=1S/C13H23N/c1-2-3-4-5-6-7-8-9-13-10-11-14-12-13/h10-12,14H,2-9H2,1H3. The first kappa shape index (κ1) is 11.4. The van der Waals surface area contributed by atoms with Crippen LogP contribution in [0.15, 0.2) is 18.5 Å². The van der Waals surface area contributed by atoms with Crippen molar-refractivity contribution >= 4 is 0 Å². The van der Waals surface area contributed by atoms with Gasteiger partial charge in [-0.3, -0.25) is 0 Å². The normalized spacial score (nSPS) is 10.6. The van der Waals surface area contributed by atoms with Crippen LogP contribution in [0.5, 0.6) is 0 Å². The zero-order chi connectivity index (χ0) is 10.1. The van der Waals surface area contributed by atoms with Gasteiger partial charge in [-0.15, -0.1) is 0 Å². The molecule has 0 aliphatic carbocycles. The van der Waals surface area contributed by atoms with Crippen molar-refractivity contribution in [3.63, 3.8) is 0 Å². The van der Waals surface area contributed by atoms with Gasteiger partial charge in [0.2, 0.25) is 0 Å². The molecular weight excluding hydrogens is 170 g/mol. The minimum atomic E-state index is 1.25. The number of unbranched alkanes of at least 4 members (excludes halogenated alkanes) is 6. The molecule has 0 saturated carbocycles. The second kappa shape index (κ2) is 7.66. The summed E-state index contributed by atoms with van der Waals surface area (Å²) in [7, 11) is 0. The summed E-state index contributed by atoms with van der Waals surface area (Å²) in [6, 6.07) is 2.18. The maximum Gasteiger partial charge on any atom is 0.00373 e. The molecule has 0 radical (unpaired) electrons. The number of aromatic amines is 1. The Morgan fingerprint density at radius 3 is 2.36 bits per heavy atom. The average molecular weight is 193 g/mol. The highest BCUT2D eigenvalue weighted by molar-refractivity contribution is 5.07. The van der Waals surface area contributed by atoms with Crippen LogP contribution >= 0.6 is 0 Å². The highest BCUT2D eigenvalue weighted by Crippen LogP contribution is 2.09. The molecule has 1 heterocycles. The van der Waals surface area contributed by atoms with Crippen molar-refractivity contribution in [2.75, 3.05) is 0 Å². The monoisotopic (exact) mass is 193 g/mol. The molecule has 14 heavy (non-hydrogen) atoms. The third-order valence-electron chi connectivity index (χ3n) is 2.73. The van der Waals surface area contributed by atoms with Gasteiger partial charge in [-0.1, -0.05) is 45.4 Å². The number of rotatable bonds is 8. The molecule has 80 valence electrons. The van der Waals surface area contributed by atoms with E-state index in [9.17, 15) is 0 Å². The van der Waals surface area contributed by atoms with E-state index < -0.39 is 0 Å². The van der Waals surface area contributed by atoms with Crippen LogP contribution in [0.25, 0.3) is 0 Å². The molecule has 0 unspecified atom stereocenters. The summed E-state index contributed by atoms with van der Waals surface area (Å²) in [4.78, 5) is 3.10. The molecule has 1 rings (SSSR count). The molecule has 0 atom stereocenters. The Balaban J connectivity index is 1.85. The summed E-state index contributed by atoms with van der Waals surface area (Å²) >= 11 is 0. The molecule has 1 aromatic rings. The molecule has 0 saturated heterocycles. The van der Waals surface area contributed by atoms with Gasteiger partial charge in [0, 0.05) is 12.4 Å². The van der Waals surface area contributed by atoms with Crippen LogP contribution in [-0.4, -0.2) is 4.98 Å². The van der Waals surface area contributed by atoms with Gasteiger partial charge in [0.15, 0.2) is 0 Å². The maximum absolute atomic E-state index is 3.10. The summed E-state index contributed by atoms with van der Waals surface area (Å²) in [6.45, 7) is 2.27. The quantitative estimate of drug-likeness (QED) is 0.592. The van der Waals surface area contributed by atoms with E-state index in [1.807, 2.05) is 6.20 Å². The molecule has 1 heteroatoms. The SMILES string of the molecule is CCCCCCCCCc1cc[nH]c1. The van der Waals surface area contributed by atoms with E-state index in [0.29, 0.717) is 0 Å². The molecule has 1 N–H and O–H groups in total.